The summed E-state index contributed by atoms with van der Waals surface area (Å²) in [5, 5.41) is 15.9. The van der Waals surface area contributed by atoms with Gasteiger partial charge in [-0.1, -0.05) is 12.1 Å². The van der Waals surface area contributed by atoms with Crippen LogP contribution in [0, 0.1) is 25.2 Å². The van der Waals surface area contributed by atoms with E-state index in [2.05, 4.69) is 16.3 Å². The molecule has 0 aliphatic rings. The summed E-state index contributed by atoms with van der Waals surface area (Å²) in [5.41, 5.74) is 3.60. The van der Waals surface area contributed by atoms with Gasteiger partial charge in [-0.05, 0) is 31.5 Å². The highest BCUT2D eigenvalue weighted by Crippen LogP contribution is 2.25. The average molecular weight is 284 g/mol. The molecule has 6 heteroatoms. The number of aromatic amines is 1. The minimum Gasteiger partial charge on any atom is -0.452 e. The molecule has 0 spiro atoms. The molecule has 108 valence electrons. The summed E-state index contributed by atoms with van der Waals surface area (Å²) in [5.74, 6) is 0. The molecule has 1 N–H and O–H groups in total. The van der Waals surface area contributed by atoms with Gasteiger partial charge in [-0.15, -0.1) is 0 Å². The van der Waals surface area contributed by atoms with Crippen molar-refractivity contribution in [1.29, 1.82) is 5.26 Å². The van der Waals surface area contributed by atoms with Crippen LogP contribution in [-0.2, 0) is 11.3 Å². The molecule has 0 radical (unpaired) electrons. The number of hydrogen-bond acceptors (Lipinski definition) is 4. The molecule has 1 aromatic carbocycles. The number of aryl methyl sites for hydroxylation is 2. The topological polar surface area (TPSA) is 82.0 Å². The number of hydrogen-bond donors (Lipinski definition) is 1. The van der Waals surface area contributed by atoms with Gasteiger partial charge in [0.2, 0.25) is 0 Å². The third-order valence-electron chi connectivity index (χ3n) is 3.15. The van der Waals surface area contributed by atoms with Gasteiger partial charge < -0.3 is 4.74 Å². The van der Waals surface area contributed by atoms with E-state index in [1.807, 2.05) is 19.9 Å². The van der Waals surface area contributed by atoms with Gasteiger partial charge in [0.1, 0.15) is 0 Å². The van der Waals surface area contributed by atoms with E-state index in [-0.39, 0.29) is 0 Å². The monoisotopic (exact) mass is 284 g/mol. The van der Waals surface area contributed by atoms with Crippen molar-refractivity contribution < 1.29 is 9.53 Å². The Morgan fingerprint density at radius 2 is 2.24 bits per heavy atom. The molecule has 6 nitrogen and oxygen atoms in total. The van der Waals surface area contributed by atoms with Crippen molar-refractivity contribution in [3.05, 3.63) is 46.8 Å². The average Bonchev–Trinajstić information content (AvgIpc) is 2.83. The zero-order chi connectivity index (χ0) is 15.4. The fourth-order valence-electron chi connectivity index (χ4n) is 2.21. The second-order valence-corrected chi connectivity index (χ2v) is 4.65. The highest BCUT2D eigenvalue weighted by atomic mass is 16.5. The second kappa shape index (κ2) is 6.09. The molecule has 0 aliphatic carbocycles. The number of nitriles is 1. The van der Waals surface area contributed by atoms with Crippen molar-refractivity contribution in [1.82, 2.24) is 10.2 Å². The molecule has 0 atom stereocenters. The van der Waals surface area contributed by atoms with Crippen molar-refractivity contribution in [3.8, 4) is 6.07 Å². The maximum atomic E-state index is 12.1. The number of ether oxygens (including phenoxy) is 1. The third kappa shape index (κ3) is 3.03. The Morgan fingerprint density at radius 3 is 2.81 bits per heavy atom. The maximum Gasteiger partial charge on any atom is 0.414 e. The molecule has 1 aromatic heterocycles. The van der Waals surface area contributed by atoms with E-state index in [1.54, 1.807) is 18.2 Å². The van der Waals surface area contributed by atoms with E-state index in [0.717, 1.165) is 11.3 Å². The first-order valence-corrected chi connectivity index (χ1v) is 6.43. The summed E-state index contributed by atoms with van der Waals surface area (Å²) in [6.45, 7) is 3.97. The lowest BCUT2D eigenvalue weighted by Gasteiger charge is -2.21. The fourth-order valence-corrected chi connectivity index (χ4v) is 2.21. The Labute approximate surface area is 123 Å². The molecular formula is C15H16N4O2. The van der Waals surface area contributed by atoms with Crippen LogP contribution < -0.4 is 4.90 Å². The van der Waals surface area contributed by atoms with Gasteiger partial charge in [0.25, 0.3) is 0 Å². The zero-order valence-corrected chi connectivity index (χ0v) is 12.2. The fraction of sp³-hybridized carbons (Fsp3) is 0.267. The number of nitrogens with zero attached hydrogens (tertiary/aromatic N) is 3. The largest absolute Gasteiger partial charge is 0.452 e. The van der Waals surface area contributed by atoms with Crippen LogP contribution >= 0.6 is 0 Å². The van der Waals surface area contributed by atoms with E-state index in [9.17, 15) is 4.79 Å². The molecule has 0 aliphatic heterocycles. The first-order valence-electron chi connectivity index (χ1n) is 6.43. The van der Waals surface area contributed by atoms with Gasteiger partial charge in [-0.3, -0.25) is 10.00 Å². The van der Waals surface area contributed by atoms with Gasteiger partial charge in [-0.25, -0.2) is 4.79 Å². The molecule has 21 heavy (non-hydrogen) atoms. The van der Waals surface area contributed by atoms with Crippen LogP contribution in [-0.4, -0.2) is 23.4 Å². The summed E-state index contributed by atoms with van der Waals surface area (Å²) in [6, 6.07) is 9.21. The Balaban J connectivity index is 2.38. The predicted molar refractivity (Wildman–Crippen MR) is 77.8 cm³/mol. The number of anilines is 1. The standard InChI is InChI=1S/C15H16N4O2/c1-10-14(11(2)18-17-10)19(15(20)21-3)9-13-6-4-5-12(7-13)8-16/h4-7H,9H2,1-3H3,(H,17,18). The van der Waals surface area contributed by atoms with Gasteiger partial charge >= 0.3 is 6.09 Å². The third-order valence-corrected chi connectivity index (χ3v) is 3.15. The van der Waals surface area contributed by atoms with Crippen molar-refractivity contribution >= 4 is 11.8 Å². The van der Waals surface area contributed by atoms with Crippen LogP contribution in [0.15, 0.2) is 24.3 Å². The minimum atomic E-state index is -0.468. The van der Waals surface area contributed by atoms with Gasteiger partial charge in [0.15, 0.2) is 0 Å². The molecular weight excluding hydrogens is 268 g/mol. The highest BCUT2D eigenvalue weighted by Gasteiger charge is 2.22. The first kappa shape index (κ1) is 14.6. The number of amides is 1. The maximum absolute atomic E-state index is 12.1. The number of carbonyl (C=O) groups is 1. The van der Waals surface area contributed by atoms with Crippen molar-refractivity contribution in [2.45, 2.75) is 20.4 Å². The Hall–Kier alpha value is -2.81. The number of nitrogens with one attached hydrogen (secondary N) is 1. The van der Waals surface area contributed by atoms with Crippen LogP contribution in [0.2, 0.25) is 0 Å². The molecule has 0 saturated heterocycles. The summed E-state index contributed by atoms with van der Waals surface area (Å²) < 4.78 is 4.86. The van der Waals surface area contributed by atoms with Crippen molar-refractivity contribution in [2.24, 2.45) is 0 Å². The molecule has 0 unspecified atom stereocenters. The van der Waals surface area contributed by atoms with Crippen molar-refractivity contribution in [2.75, 3.05) is 12.0 Å². The van der Waals surface area contributed by atoms with Gasteiger partial charge in [-0.2, -0.15) is 10.4 Å². The van der Waals surface area contributed by atoms with Crippen LogP contribution in [0.4, 0.5) is 10.5 Å². The Kier molecular flexibility index (Phi) is 4.24. The van der Waals surface area contributed by atoms with E-state index >= 15 is 0 Å². The number of benzene rings is 1. The van der Waals surface area contributed by atoms with Gasteiger partial charge in [0, 0.05) is 0 Å². The zero-order valence-electron chi connectivity index (χ0n) is 12.2. The van der Waals surface area contributed by atoms with Crippen LogP contribution in [0.1, 0.15) is 22.5 Å². The van der Waals surface area contributed by atoms with Gasteiger partial charge in [0.05, 0.1) is 42.4 Å². The number of aromatic nitrogens is 2. The summed E-state index contributed by atoms with van der Waals surface area (Å²) >= 11 is 0. The Bertz CT molecular complexity index is 680. The lowest BCUT2D eigenvalue weighted by molar-refractivity contribution is 0.178. The molecule has 1 amide bonds. The molecule has 1 heterocycles. The first-order chi connectivity index (χ1) is 10.1. The summed E-state index contributed by atoms with van der Waals surface area (Å²) in [6.07, 6.45) is -0.468. The molecule has 0 saturated carbocycles. The summed E-state index contributed by atoms with van der Waals surface area (Å²) in [4.78, 5) is 13.6. The molecule has 2 rings (SSSR count). The van der Waals surface area contributed by atoms with E-state index < -0.39 is 6.09 Å². The van der Waals surface area contributed by atoms with Crippen LogP contribution in [0.3, 0.4) is 0 Å². The molecule has 2 aromatic rings. The van der Waals surface area contributed by atoms with E-state index in [0.29, 0.717) is 23.5 Å². The van der Waals surface area contributed by atoms with E-state index in [1.165, 1.54) is 12.0 Å². The van der Waals surface area contributed by atoms with E-state index in [4.69, 9.17) is 10.00 Å². The van der Waals surface area contributed by atoms with Crippen LogP contribution in [0.25, 0.3) is 0 Å². The number of carbonyl (C=O) groups excluding carboxylic acids is 1. The number of methoxy groups -OCH3 is 1. The lowest BCUT2D eigenvalue weighted by Crippen LogP contribution is -2.31. The molecule has 0 fully saturated rings. The Morgan fingerprint density at radius 1 is 1.48 bits per heavy atom. The van der Waals surface area contributed by atoms with Crippen molar-refractivity contribution in [3.63, 3.8) is 0 Å². The number of rotatable bonds is 3. The quantitative estimate of drug-likeness (QED) is 0.939. The lowest BCUT2D eigenvalue weighted by atomic mass is 10.1. The highest BCUT2D eigenvalue weighted by molar-refractivity contribution is 5.89. The SMILES string of the molecule is COC(=O)N(Cc1cccc(C#N)c1)c1c(C)n[nH]c1C. The number of H-pyrrole nitrogens is 1. The van der Waals surface area contributed by atoms with Crippen LogP contribution in [0.5, 0.6) is 0 Å². The smallest absolute Gasteiger partial charge is 0.414 e. The summed E-state index contributed by atoms with van der Waals surface area (Å²) in [7, 11) is 1.34. The predicted octanol–water partition coefficient (Wildman–Crippen LogP) is 2.67. The second-order valence-electron chi connectivity index (χ2n) is 4.65. The normalized spacial score (nSPS) is 10.0. The minimum absolute atomic E-state index is 0.309. The molecule has 0 bridgehead atoms.